The molecule has 0 aromatic heterocycles. The molecule has 3 aliphatic rings. The van der Waals surface area contributed by atoms with Gasteiger partial charge in [0.2, 0.25) is 12.5 Å². The van der Waals surface area contributed by atoms with Crippen LogP contribution in [0.2, 0.25) is 0 Å². The number of halogens is 1. The van der Waals surface area contributed by atoms with Crippen LogP contribution in [0.25, 0.3) is 0 Å². The van der Waals surface area contributed by atoms with Gasteiger partial charge in [0.05, 0.1) is 37.5 Å². The van der Waals surface area contributed by atoms with Crippen LogP contribution in [-0.2, 0) is 17.8 Å². The predicted molar refractivity (Wildman–Crippen MR) is 118 cm³/mol. The normalized spacial score (nSPS) is 21.9. The SMILES string of the molecule is COc1ccc2c(c1OC)CO[C@@H]2C1c2c(c(I)c3c(c2OC)OCO3)CCN1C. The summed E-state index contributed by atoms with van der Waals surface area (Å²) >= 11 is 2.37. The zero-order valence-corrected chi connectivity index (χ0v) is 19.6. The van der Waals surface area contributed by atoms with Crippen LogP contribution < -0.4 is 23.7 Å². The monoisotopic (exact) mass is 525 g/mol. The van der Waals surface area contributed by atoms with Gasteiger partial charge in [0.25, 0.3) is 0 Å². The summed E-state index contributed by atoms with van der Waals surface area (Å²) in [5, 5.41) is 0. The van der Waals surface area contributed by atoms with Crippen molar-refractivity contribution in [2.24, 2.45) is 0 Å². The molecule has 0 aliphatic carbocycles. The zero-order chi connectivity index (χ0) is 21.0. The van der Waals surface area contributed by atoms with Crippen LogP contribution in [0.5, 0.6) is 28.7 Å². The Balaban J connectivity index is 1.68. The molecule has 2 aromatic carbocycles. The topological polar surface area (TPSA) is 58.6 Å². The Morgan fingerprint density at radius 3 is 2.50 bits per heavy atom. The molecule has 0 saturated heterocycles. The molecule has 3 aliphatic heterocycles. The van der Waals surface area contributed by atoms with Gasteiger partial charge in [0, 0.05) is 17.7 Å². The summed E-state index contributed by atoms with van der Waals surface area (Å²) in [6.07, 6.45) is 0.757. The predicted octanol–water partition coefficient (Wildman–Crippen LogP) is 3.85. The van der Waals surface area contributed by atoms with E-state index < -0.39 is 0 Å². The van der Waals surface area contributed by atoms with Gasteiger partial charge in [-0.2, -0.15) is 0 Å². The van der Waals surface area contributed by atoms with Crippen molar-refractivity contribution in [3.05, 3.63) is 38.0 Å². The minimum atomic E-state index is -0.158. The Bertz CT molecular complexity index is 1010. The summed E-state index contributed by atoms with van der Waals surface area (Å²) in [6.45, 7) is 1.60. The number of methoxy groups -OCH3 is 3. The second-order valence-corrected chi connectivity index (χ2v) is 8.66. The third-order valence-electron chi connectivity index (χ3n) is 6.23. The quantitative estimate of drug-likeness (QED) is 0.563. The number of benzene rings is 2. The van der Waals surface area contributed by atoms with Crippen molar-refractivity contribution in [1.82, 2.24) is 4.90 Å². The summed E-state index contributed by atoms with van der Waals surface area (Å²) in [5.41, 5.74) is 4.52. The van der Waals surface area contributed by atoms with E-state index in [1.54, 1.807) is 21.3 Å². The smallest absolute Gasteiger partial charge is 0.231 e. The van der Waals surface area contributed by atoms with Crippen LogP contribution in [0.4, 0.5) is 0 Å². The molecule has 0 spiro atoms. The van der Waals surface area contributed by atoms with E-state index >= 15 is 0 Å². The van der Waals surface area contributed by atoms with Gasteiger partial charge in [-0.25, -0.2) is 0 Å². The van der Waals surface area contributed by atoms with Gasteiger partial charge in [0.15, 0.2) is 23.0 Å². The summed E-state index contributed by atoms with van der Waals surface area (Å²) in [4.78, 5) is 2.33. The number of fused-ring (bicyclic) bond motifs is 3. The van der Waals surface area contributed by atoms with Crippen LogP contribution in [0.1, 0.15) is 34.4 Å². The minimum Gasteiger partial charge on any atom is -0.493 e. The summed E-state index contributed by atoms with van der Waals surface area (Å²) < 4.78 is 36.1. The van der Waals surface area contributed by atoms with Gasteiger partial charge in [-0.05, 0) is 53.3 Å². The van der Waals surface area contributed by atoms with E-state index in [9.17, 15) is 0 Å². The van der Waals surface area contributed by atoms with E-state index in [1.807, 2.05) is 6.07 Å². The Labute approximate surface area is 189 Å². The lowest BCUT2D eigenvalue weighted by Crippen LogP contribution is -2.36. The van der Waals surface area contributed by atoms with Gasteiger partial charge in [-0.15, -0.1) is 0 Å². The number of hydrogen-bond acceptors (Lipinski definition) is 7. The lowest BCUT2D eigenvalue weighted by Gasteiger charge is -2.39. The van der Waals surface area contributed by atoms with E-state index in [-0.39, 0.29) is 18.9 Å². The minimum absolute atomic E-state index is 0.0222. The molecule has 0 amide bonds. The molecule has 0 radical (unpaired) electrons. The first-order valence-corrected chi connectivity index (χ1v) is 10.9. The average molecular weight is 525 g/mol. The van der Waals surface area contributed by atoms with Crippen LogP contribution >= 0.6 is 22.6 Å². The first-order chi connectivity index (χ1) is 14.6. The van der Waals surface area contributed by atoms with Crippen LogP contribution in [0, 0.1) is 3.57 Å². The molecule has 30 heavy (non-hydrogen) atoms. The summed E-state index contributed by atoms with van der Waals surface area (Å²) in [6, 6.07) is 4.01. The lowest BCUT2D eigenvalue weighted by atomic mass is 9.85. The number of likely N-dealkylation sites (N-methyl/N-ethyl adjacent to an activating group) is 1. The van der Waals surface area contributed by atoms with E-state index in [0.717, 1.165) is 50.5 Å². The van der Waals surface area contributed by atoms with E-state index in [0.29, 0.717) is 18.1 Å². The molecular weight excluding hydrogens is 501 g/mol. The maximum atomic E-state index is 6.38. The molecule has 2 atom stereocenters. The first kappa shape index (κ1) is 20.0. The van der Waals surface area contributed by atoms with Gasteiger partial charge < -0.3 is 28.4 Å². The fourth-order valence-corrected chi connectivity index (χ4v) is 5.82. The maximum Gasteiger partial charge on any atom is 0.231 e. The van der Waals surface area contributed by atoms with Crippen molar-refractivity contribution in [2.45, 2.75) is 25.2 Å². The second kappa shape index (κ2) is 7.65. The highest BCUT2D eigenvalue weighted by Gasteiger charge is 2.43. The highest BCUT2D eigenvalue weighted by Crippen LogP contribution is 2.56. The molecular formula is C22H24INO6. The number of nitrogens with zero attached hydrogens (tertiary/aromatic N) is 1. The van der Waals surface area contributed by atoms with Crippen molar-refractivity contribution in [3.63, 3.8) is 0 Å². The standard InChI is InChI=1S/C22H24INO6/c1-24-8-7-12-15(20(27-4)22-21(16(12)23)29-10-30-22)17(24)19-11-5-6-14(25-2)18(26-3)13(11)9-28-19/h5-6,17,19H,7-10H2,1-4H3/t17?,19-/m0/s1. The summed E-state index contributed by atoms with van der Waals surface area (Å²) in [5.74, 6) is 3.67. The Hall–Kier alpha value is -1.91. The molecule has 7 nitrogen and oxygen atoms in total. The lowest BCUT2D eigenvalue weighted by molar-refractivity contribution is -0.00489. The molecule has 1 unspecified atom stereocenters. The molecule has 0 N–H and O–H groups in total. The van der Waals surface area contributed by atoms with Gasteiger partial charge >= 0.3 is 0 Å². The molecule has 8 heteroatoms. The number of ether oxygens (including phenoxy) is 6. The average Bonchev–Trinajstić information content (AvgIpc) is 3.41. The van der Waals surface area contributed by atoms with Crippen molar-refractivity contribution in [1.29, 1.82) is 0 Å². The first-order valence-electron chi connectivity index (χ1n) is 9.84. The van der Waals surface area contributed by atoms with Crippen molar-refractivity contribution < 1.29 is 28.4 Å². The molecule has 0 bridgehead atoms. The van der Waals surface area contributed by atoms with Gasteiger partial charge in [-0.1, -0.05) is 6.07 Å². The summed E-state index contributed by atoms with van der Waals surface area (Å²) in [7, 11) is 7.14. The fraction of sp³-hybridized carbons (Fsp3) is 0.455. The Morgan fingerprint density at radius 1 is 1.00 bits per heavy atom. The molecule has 0 saturated carbocycles. The van der Waals surface area contributed by atoms with E-state index in [2.05, 4.69) is 40.6 Å². The van der Waals surface area contributed by atoms with Crippen molar-refractivity contribution >= 4 is 22.6 Å². The van der Waals surface area contributed by atoms with Crippen molar-refractivity contribution in [2.75, 3.05) is 41.7 Å². The molecule has 5 rings (SSSR count). The van der Waals surface area contributed by atoms with E-state index in [4.69, 9.17) is 28.4 Å². The van der Waals surface area contributed by atoms with E-state index in [1.165, 1.54) is 5.56 Å². The van der Waals surface area contributed by atoms with Crippen LogP contribution in [0.3, 0.4) is 0 Å². The molecule has 160 valence electrons. The highest BCUT2D eigenvalue weighted by atomic mass is 127. The van der Waals surface area contributed by atoms with Gasteiger partial charge in [-0.3, -0.25) is 4.90 Å². The third kappa shape index (κ3) is 2.76. The highest BCUT2D eigenvalue weighted by molar-refractivity contribution is 14.1. The van der Waals surface area contributed by atoms with Crippen LogP contribution in [0.15, 0.2) is 12.1 Å². The molecule has 3 heterocycles. The second-order valence-electron chi connectivity index (χ2n) is 7.58. The Kier molecular flexibility index (Phi) is 5.11. The molecule has 2 aromatic rings. The Morgan fingerprint density at radius 2 is 1.77 bits per heavy atom. The van der Waals surface area contributed by atoms with Crippen molar-refractivity contribution in [3.8, 4) is 28.7 Å². The van der Waals surface area contributed by atoms with Crippen LogP contribution in [-0.4, -0.2) is 46.6 Å². The number of rotatable bonds is 4. The molecule has 0 fully saturated rings. The third-order valence-corrected chi connectivity index (χ3v) is 7.37. The fourth-order valence-electron chi connectivity index (χ4n) is 4.86. The largest absolute Gasteiger partial charge is 0.493 e. The van der Waals surface area contributed by atoms with Gasteiger partial charge in [0.1, 0.15) is 6.10 Å². The maximum absolute atomic E-state index is 6.38. The number of hydrogen-bond donors (Lipinski definition) is 0. The zero-order valence-electron chi connectivity index (χ0n) is 17.4.